The van der Waals surface area contributed by atoms with Crippen LogP contribution in [0.15, 0.2) is 96.0 Å². The number of nitrogen functional groups attached to an aromatic ring is 1. The Morgan fingerprint density at radius 3 is 2.35 bits per heavy atom. The van der Waals surface area contributed by atoms with Crippen molar-refractivity contribution >= 4 is 38.2 Å². The lowest BCUT2D eigenvalue weighted by Gasteiger charge is -2.38. The van der Waals surface area contributed by atoms with Crippen LogP contribution in [0.1, 0.15) is 28.9 Å². The van der Waals surface area contributed by atoms with Gasteiger partial charge in [0.1, 0.15) is 5.82 Å². The Balaban J connectivity index is 1.15. The summed E-state index contributed by atoms with van der Waals surface area (Å²) in [5.41, 5.74) is 8.67. The maximum absolute atomic E-state index is 14.3. The fourth-order valence-corrected chi connectivity index (χ4v) is 7.04. The van der Waals surface area contributed by atoms with E-state index < -0.39 is 33.5 Å². The van der Waals surface area contributed by atoms with Crippen molar-refractivity contribution in [2.24, 2.45) is 0 Å². The Morgan fingerprint density at radius 2 is 1.61 bits per heavy atom. The normalized spacial score (nSPS) is 14.7. The second kappa shape index (κ2) is 12.5. The zero-order valence-electron chi connectivity index (χ0n) is 24.8. The van der Waals surface area contributed by atoms with E-state index in [0.717, 1.165) is 11.5 Å². The highest BCUT2D eigenvalue weighted by molar-refractivity contribution is 7.92. The molecule has 0 saturated carbocycles. The summed E-state index contributed by atoms with van der Waals surface area (Å²) in [5, 5.41) is 0.853. The molecule has 2 heterocycles. The summed E-state index contributed by atoms with van der Waals surface area (Å²) in [7, 11) is -4.08. The average Bonchev–Trinajstić information content (AvgIpc) is 3.05. The number of nitrogens with zero attached hydrogens (tertiary/aromatic N) is 3. The number of nitrogens with two attached hydrogens (primary N) is 1. The molecule has 4 aromatic carbocycles. The third kappa shape index (κ3) is 6.13. The molecule has 1 amide bonds. The number of halogens is 3. The first-order valence-corrected chi connectivity index (χ1v) is 16.0. The number of benzene rings is 4. The number of para-hydroxylation sites is 1. The molecule has 1 unspecified atom stereocenters. The Kier molecular flexibility index (Phi) is 8.41. The van der Waals surface area contributed by atoms with Crippen LogP contribution in [0.4, 0.5) is 24.5 Å². The second-order valence-corrected chi connectivity index (χ2v) is 12.8. The zero-order valence-corrected chi connectivity index (χ0v) is 25.6. The quantitative estimate of drug-likeness (QED) is 0.161. The molecule has 3 N–H and O–H groups in total. The first-order valence-electron chi connectivity index (χ1n) is 14.6. The van der Waals surface area contributed by atoms with Gasteiger partial charge in [0.05, 0.1) is 10.4 Å². The molecule has 6 rings (SSSR count). The molecule has 0 radical (unpaired) electrons. The van der Waals surface area contributed by atoms with Gasteiger partial charge in [-0.05, 0) is 61.5 Å². The molecule has 236 valence electrons. The minimum absolute atomic E-state index is 0.0213. The average molecular weight is 646 g/mol. The number of fused-ring (bicyclic) bond motifs is 1. The third-order valence-electron chi connectivity index (χ3n) is 8.22. The van der Waals surface area contributed by atoms with Gasteiger partial charge in [-0.25, -0.2) is 21.6 Å². The van der Waals surface area contributed by atoms with Crippen LogP contribution in [-0.4, -0.2) is 55.3 Å². The molecule has 0 spiro atoms. The molecular formula is C34H30F3N5O3S. The molecule has 1 aliphatic rings. The number of carbonyl (C=O) groups excluding carboxylic acids is 1. The number of amides is 1. The van der Waals surface area contributed by atoms with Crippen molar-refractivity contribution in [2.75, 3.05) is 36.6 Å². The number of rotatable bonds is 7. The molecule has 1 aromatic heterocycles. The largest absolute Gasteiger partial charge is 0.399 e. The number of sulfonamides is 1. The Morgan fingerprint density at radius 1 is 0.891 bits per heavy atom. The predicted octanol–water partition coefficient (Wildman–Crippen LogP) is 6.22. The van der Waals surface area contributed by atoms with E-state index in [1.54, 1.807) is 48.4 Å². The van der Waals surface area contributed by atoms with Crippen molar-refractivity contribution in [3.8, 4) is 11.1 Å². The van der Waals surface area contributed by atoms with Crippen LogP contribution >= 0.6 is 0 Å². The van der Waals surface area contributed by atoms with E-state index in [1.807, 2.05) is 23.1 Å². The fourth-order valence-electron chi connectivity index (χ4n) is 5.78. The van der Waals surface area contributed by atoms with Crippen molar-refractivity contribution in [2.45, 2.75) is 17.9 Å². The Bertz CT molecular complexity index is 2040. The van der Waals surface area contributed by atoms with E-state index >= 15 is 0 Å². The van der Waals surface area contributed by atoms with Crippen LogP contribution in [0.5, 0.6) is 0 Å². The SMILES string of the molecule is CC(c1cc(F)cc(F)c1F)N1CCN(C(=O)c2ccc(NS(=O)(=O)c3ccc(N)cc3-c3cccc4cccnc34)cc2)CC1. The molecule has 5 aromatic rings. The van der Waals surface area contributed by atoms with E-state index in [9.17, 15) is 26.4 Å². The Labute approximate surface area is 264 Å². The van der Waals surface area contributed by atoms with E-state index in [2.05, 4.69) is 9.71 Å². The van der Waals surface area contributed by atoms with E-state index in [-0.39, 0.29) is 22.1 Å². The summed E-state index contributed by atoms with van der Waals surface area (Å²) >= 11 is 0. The monoisotopic (exact) mass is 645 g/mol. The topological polar surface area (TPSA) is 109 Å². The van der Waals surface area contributed by atoms with Crippen molar-refractivity contribution in [1.29, 1.82) is 0 Å². The zero-order chi connectivity index (χ0) is 32.6. The lowest BCUT2D eigenvalue weighted by Crippen LogP contribution is -2.49. The van der Waals surface area contributed by atoms with Crippen molar-refractivity contribution in [3.63, 3.8) is 0 Å². The summed E-state index contributed by atoms with van der Waals surface area (Å²) in [6.45, 7) is 3.05. The summed E-state index contributed by atoms with van der Waals surface area (Å²) in [6.07, 6.45) is 1.64. The van der Waals surface area contributed by atoms with Crippen molar-refractivity contribution in [3.05, 3.63) is 120 Å². The Hall–Kier alpha value is -4.94. The maximum atomic E-state index is 14.3. The first kappa shape index (κ1) is 31.1. The maximum Gasteiger partial charge on any atom is 0.262 e. The van der Waals surface area contributed by atoms with Gasteiger partial charge in [0.2, 0.25) is 0 Å². The number of nitrogens with one attached hydrogen (secondary N) is 1. The van der Waals surface area contributed by atoms with E-state index in [4.69, 9.17) is 5.73 Å². The predicted molar refractivity (Wildman–Crippen MR) is 171 cm³/mol. The van der Waals surface area contributed by atoms with E-state index in [1.165, 1.54) is 24.3 Å². The summed E-state index contributed by atoms with van der Waals surface area (Å²) < 4.78 is 71.7. The second-order valence-electron chi connectivity index (χ2n) is 11.1. The number of hydrogen-bond donors (Lipinski definition) is 2. The molecule has 12 heteroatoms. The van der Waals surface area contributed by atoms with E-state index in [0.29, 0.717) is 60.1 Å². The smallest absolute Gasteiger partial charge is 0.262 e. The molecule has 8 nitrogen and oxygen atoms in total. The minimum Gasteiger partial charge on any atom is -0.399 e. The fraction of sp³-hybridized carbons (Fsp3) is 0.176. The third-order valence-corrected chi connectivity index (χ3v) is 9.66. The van der Waals surface area contributed by atoms with Gasteiger partial charge in [0.25, 0.3) is 15.9 Å². The molecule has 1 atom stereocenters. The summed E-state index contributed by atoms with van der Waals surface area (Å²) in [5.74, 6) is -3.43. The first-order chi connectivity index (χ1) is 22.0. The summed E-state index contributed by atoms with van der Waals surface area (Å²) in [4.78, 5) is 21.2. The highest BCUT2D eigenvalue weighted by Crippen LogP contribution is 2.34. The molecule has 0 aliphatic carbocycles. The van der Waals surface area contributed by atoms with Crippen molar-refractivity contribution < 1.29 is 26.4 Å². The number of anilines is 2. The lowest BCUT2D eigenvalue weighted by atomic mass is 10.0. The molecule has 46 heavy (non-hydrogen) atoms. The number of carbonyl (C=O) groups is 1. The molecule has 0 bridgehead atoms. The highest BCUT2D eigenvalue weighted by atomic mass is 32.2. The molecular weight excluding hydrogens is 615 g/mol. The van der Waals surface area contributed by atoms with Crippen LogP contribution in [0.2, 0.25) is 0 Å². The lowest BCUT2D eigenvalue weighted by molar-refractivity contribution is 0.0578. The molecule has 1 aliphatic heterocycles. The van der Waals surface area contributed by atoms with Gasteiger partial charge in [-0.2, -0.15) is 0 Å². The van der Waals surface area contributed by atoms with Gasteiger partial charge in [-0.3, -0.25) is 19.4 Å². The van der Waals surface area contributed by atoms with Gasteiger partial charge >= 0.3 is 0 Å². The number of piperazine rings is 1. The van der Waals surface area contributed by atoms with Gasteiger partial charge < -0.3 is 10.6 Å². The molecule has 1 saturated heterocycles. The van der Waals surface area contributed by atoms with Crippen LogP contribution in [-0.2, 0) is 10.0 Å². The van der Waals surface area contributed by atoms with Gasteiger partial charge in [0, 0.05) is 83.5 Å². The van der Waals surface area contributed by atoms with Crippen LogP contribution in [0, 0.1) is 17.5 Å². The summed E-state index contributed by atoms with van der Waals surface area (Å²) in [6, 6.07) is 20.8. The number of hydrogen-bond acceptors (Lipinski definition) is 6. The van der Waals surface area contributed by atoms with Crippen LogP contribution in [0.3, 0.4) is 0 Å². The van der Waals surface area contributed by atoms with Gasteiger partial charge in [-0.1, -0.05) is 24.3 Å². The minimum atomic E-state index is -4.08. The number of aromatic nitrogens is 1. The standard InChI is InChI=1S/C34H30F3N5O3S/c1-21(28-18-24(35)19-30(36)32(28)37)41-14-16-42(17-15-41)34(43)23-7-10-26(11-8-23)40-46(44,45)31-12-9-25(38)20-29(31)27-6-2-4-22-5-3-13-39-33(22)27/h2-13,18-21,40H,14-17,38H2,1H3. The van der Waals surface area contributed by atoms with Crippen molar-refractivity contribution in [1.82, 2.24) is 14.8 Å². The van der Waals surface area contributed by atoms with Crippen LogP contribution in [0.25, 0.3) is 22.0 Å². The number of pyridine rings is 1. The van der Waals surface area contributed by atoms with Crippen LogP contribution < -0.4 is 10.5 Å². The molecule has 1 fully saturated rings. The van der Waals surface area contributed by atoms with Gasteiger partial charge in [-0.15, -0.1) is 0 Å². The van der Waals surface area contributed by atoms with Gasteiger partial charge in [0.15, 0.2) is 11.6 Å². The highest BCUT2D eigenvalue weighted by Gasteiger charge is 2.28.